The molecule has 2 fully saturated rings. The summed E-state index contributed by atoms with van der Waals surface area (Å²) in [6.45, 7) is 9.66. The zero-order valence-electron chi connectivity index (χ0n) is 16.9. The Balaban J connectivity index is 1.57. The minimum absolute atomic E-state index is 0.139. The fourth-order valence-electron chi connectivity index (χ4n) is 4.20. The Bertz CT molecular complexity index is 614. The van der Waals surface area contributed by atoms with Crippen LogP contribution in [0.3, 0.4) is 0 Å². The van der Waals surface area contributed by atoms with Gasteiger partial charge in [-0.2, -0.15) is 0 Å². The monoisotopic (exact) mass is 374 g/mol. The molecule has 6 heteroatoms. The second-order valence-electron chi connectivity index (χ2n) is 7.90. The molecule has 0 bridgehead atoms. The van der Waals surface area contributed by atoms with Crippen molar-refractivity contribution in [3.63, 3.8) is 0 Å². The Labute approximate surface area is 163 Å². The van der Waals surface area contributed by atoms with Crippen LogP contribution in [0, 0.1) is 0 Å². The maximum atomic E-state index is 12.7. The van der Waals surface area contributed by atoms with Gasteiger partial charge in [-0.25, -0.2) is 0 Å². The van der Waals surface area contributed by atoms with Gasteiger partial charge in [0, 0.05) is 50.4 Å². The molecule has 150 valence electrons. The van der Waals surface area contributed by atoms with Gasteiger partial charge in [-0.05, 0) is 32.8 Å². The van der Waals surface area contributed by atoms with Crippen molar-refractivity contribution in [2.45, 2.75) is 44.8 Å². The predicted molar refractivity (Wildman–Crippen MR) is 108 cm³/mol. The molecule has 2 aliphatic rings. The third-order valence-electron chi connectivity index (χ3n) is 5.82. The van der Waals surface area contributed by atoms with Gasteiger partial charge in [0.05, 0.1) is 19.7 Å². The molecule has 2 N–H and O–H groups in total. The lowest BCUT2D eigenvalue weighted by atomic mass is 10.0. The van der Waals surface area contributed by atoms with Gasteiger partial charge < -0.3 is 20.3 Å². The fourth-order valence-corrected chi connectivity index (χ4v) is 4.20. The molecule has 1 aromatic rings. The van der Waals surface area contributed by atoms with Crippen molar-refractivity contribution >= 4 is 5.91 Å². The second-order valence-corrected chi connectivity index (χ2v) is 7.90. The van der Waals surface area contributed by atoms with E-state index in [1.165, 1.54) is 0 Å². The lowest BCUT2D eigenvalue weighted by Gasteiger charge is -2.38. The summed E-state index contributed by atoms with van der Waals surface area (Å²) in [6.07, 6.45) is 2.09. The van der Waals surface area contributed by atoms with Crippen molar-refractivity contribution in [2.24, 2.45) is 0 Å². The molecule has 0 spiro atoms. The second kappa shape index (κ2) is 9.53. The number of piperazine rings is 1. The Morgan fingerprint density at radius 1 is 1.26 bits per heavy atom. The Kier molecular flexibility index (Phi) is 7.10. The van der Waals surface area contributed by atoms with Crippen LogP contribution in [0.4, 0.5) is 0 Å². The number of para-hydroxylation sites is 1. The summed E-state index contributed by atoms with van der Waals surface area (Å²) < 4.78 is 5.54. The minimum atomic E-state index is 0.139. The van der Waals surface area contributed by atoms with Crippen LogP contribution in [-0.2, 0) is 4.79 Å². The third kappa shape index (κ3) is 5.21. The molecule has 1 unspecified atom stereocenters. The summed E-state index contributed by atoms with van der Waals surface area (Å²) in [7, 11) is 1.70. The number of amides is 1. The summed E-state index contributed by atoms with van der Waals surface area (Å²) >= 11 is 0. The van der Waals surface area contributed by atoms with Gasteiger partial charge in [0.25, 0.3) is 0 Å². The van der Waals surface area contributed by atoms with Crippen LogP contribution in [-0.4, -0.2) is 74.2 Å². The van der Waals surface area contributed by atoms with E-state index in [1.807, 2.05) is 18.2 Å². The van der Waals surface area contributed by atoms with Gasteiger partial charge in [0.15, 0.2) is 0 Å². The molecule has 2 saturated heterocycles. The number of rotatable bonds is 6. The number of piperidine rings is 1. The Hall–Kier alpha value is -1.63. The van der Waals surface area contributed by atoms with E-state index in [0.29, 0.717) is 18.6 Å². The van der Waals surface area contributed by atoms with Crippen LogP contribution in [0.5, 0.6) is 5.75 Å². The average Bonchev–Trinajstić information content (AvgIpc) is 2.68. The van der Waals surface area contributed by atoms with Crippen molar-refractivity contribution in [3.8, 4) is 5.75 Å². The van der Waals surface area contributed by atoms with E-state index in [0.717, 1.165) is 56.9 Å². The first-order chi connectivity index (χ1) is 13.1. The van der Waals surface area contributed by atoms with Gasteiger partial charge in [0.2, 0.25) is 5.91 Å². The molecular formula is C21H34N4O2. The summed E-state index contributed by atoms with van der Waals surface area (Å²) in [6, 6.07) is 9.16. The number of carbonyl (C=O) groups excluding carboxylic acids is 1. The fraction of sp³-hybridized carbons (Fsp3) is 0.667. The maximum absolute atomic E-state index is 12.7. The molecule has 1 aromatic carbocycles. The highest BCUT2D eigenvalue weighted by molar-refractivity contribution is 5.78. The molecule has 27 heavy (non-hydrogen) atoms. The minimum Gasteiger partial charge on any atom is -0.496 e. The molecule has 1 atom stereocenters. The first-order valence-electron chi connectivity index (χ1n) is 10.2. The topological polar surface area (TPSA) is 56.8 Å². The summed E-state index contributed by atoms with van der Waals surface area (Å²) in [5.41, 5.74) is 1.14. The first-order valence-corrected chi connectivity index (χ1v) is 10.2. The molecule has 6 nitrogen and oxygen atoms in total. The third-order valence-corrected chi connectivity index (χ3v) is 5.82. The largest absolute Gasteiger partial charge is 0.496 e. The summed E-state index contributed by atoms with van der Waals surface area (Å²) in [4.78, 5) is 17.5. The highest BCUT2D eigenvalue weighted by Gasteiger charge is 2.29. The van der Waals surface area contributed by atoms with Gasteiger partial charge in [0.1, 0.15) is 5.75 Å². The number of methoxy groups -OCH3 is 1. The number of hydrogen-bond donors (Lipinski definition) is 2. The molecule has 0 radical (unpaired) electrons. The molecule has 0 saturated carbocycles. The standard InChI is InChI=1S/C21H34N4O2/c1-16(2)24-11-8-17(9-12-24)23-21(26)15-25-13-10-22-14-19(25)18-6-4-5-7-20(18)27-3/h4-7,16-17,19,22H,8-15H2,1-3H3,(H,23,26). The summed E-state index contributed by atoms with van der Waals surface area (Å²) in [5, 5.41) is 6.72. The molecule has 2 heterocycles. The van der Waals surface area contributed by atoms with E-state index in [-0.39, 0.29) is 11.9 Å². The molecular weight excluding hydrogens is 340 g/mol. The van der Waals surface area contributed by atoms with Crippen molar-refractivity contribution in [2.75, 3.05) is 46.4 Å². The number of nitrogens with zero attached hydrogens (tertiary/aromatic N) is 2. The maximum Gasteiger partial charge on any atom is 0.234 e. The highest BCUT2D eigenvalue weighted by Crippen LogP contribution is 2.29. The smallest absolute Gasteiger partial charge is 0.234 e. The lowest BCUT2D eigenvalue weighted by molar-refractivity contribution is -0.124. The van der Waals surface area contributed by atoms with Crippen LogP contribution >= 0.6 is 0 Å². The Morgan fingerprint density at radius 3 is 2.70 bits per heavy atom. The van der Waals surface area contributed by atoms with Crippen molar-refractivity contribution in [3.05, 3.63) is 29.8 Å². The molecule has 3 rings (SSSR count). The first kappa shape index (κ1) is 20.1. The summed E-state index contributed by atoms with van der Waals surface area (Å²) in [5.74, 6) is 1.03. The van der Waals surface area contributed by atoms with E-state index >= 15 is 0 Å². The molecule has 2 aliphatic heterocycles. The number of likely N-dealkylation sites (tertiary alicyclic amines) is 1. The van der Waals surface area contributed by atoms with Crippen LogP contribution < -0.4 is 15.4 Å². The van der Waals surface area contributed by atoms with E-state index in [1.54, 1.807) is 7.11 Å². The number of ether oxygens (including phenoxy) is 1. The van der Waals surface area contributed by atoms with Crippen LogP contribution in [0.15, 0.2) is 24.3 Å². The van der Waals surface area contributed by atoms with Gasteiger partial charge in [-0.3, -0.25) is 9.69 Å². The van der Waals surface area contributed by atoms with Gasteiger partial charge in [-0.15, -0.1) is 0 Å². The predicted octanol–water partition coefficient (Wildman–Crippen LogP) is 1.63. The quantitative estimate of drug-likeness (QED) is 0.793. The molecule has 1 amide bonds. The van der Waals surface area contributed by atoms with Crippen molar-refractivity contribution in [1.82, 2.24) is 20.4 Å². The molecule has 0 aromatic heterocycles. The molecule has 0 aliphatic carbocycles. The normalized spacial score (nSPS) is 22.7. The van der Waals surface area contributed by atoms with Crippen LogP contribution in [0.1, 0.15) is 38.3 Å². The number of carbonyl (C=O) groups is 1. The Morgan fingerprint density at radius 2 is 2.00 bits per heavy atom. The van der Waals surface area contributed by atoms with E-state index in [4.69, 9.17) is 4.74 Å². The zero-order chi connectivity index (χ0) is 19.2. The lowest BCUT2D eigenvalue weighted by Crippen LogP contribution is -2.52. The number of benzene rings is 1. The highest BCUT2D eigenvalue weighted by atomic mass is 16.5. The van der Waals surface area contributed by atoms with Gasteiger partial charge >= 0.3 is 0 Å². The van der Waals surface area contributed by atoms with Crippen LogP contribution in [0.2, 0.25) is 0 Å². The number of nitrogens with one attached hydrogen (secondary N) is 2. The van der Waals surface area contributed by atoms with E-state index in [2.05, 4.69) is 40.3 Å². The number of hydrogen-bond acceptors (Lipinski definition) is 5. The van der Waals surface area contributed by atoms with Crippen LogP contribution in [0.25, 0.3) is 0 Å². The van der Waals surface area contributed by atoms with Gasteiger partial charge in [-0.1, -0.05) is 18.2 Å². The zero-order valence-corrected chi connectivity index (χ0v) is 16.9. The average molecular weight is 375 g/mol. The van der Waals surface area contributed by atoms with Crippen molar-refractivity contribution in [1.29, 1.82) is 0 Å². The van der Waals surface area contributed by atoms with E-state index in [9.17, 15) is 4.79 Å². The van der Waals surface area contributed by atoms with E-state index < -0.39 is 0 Å². The SMILES string of the molecule is COc1ccccc1C1CNCCN1CC(=O)NC1CCN(C(C)C)CC1. The van der Waals surface area contributed by atoms with Crippen molar-refractivity contribution < 1.29 is 9.53 Å².